The number of carbonyl (C=O) groups excluding carboxylic acids is 1. The first-order chi connectivity index (χ1) is 18.2. The standard InChI is InChI=1S/C27H26F3N7O/c1-36-9-11-37(12-10-36)17-20-5-6-21(15-24(20)27(28,29)30)33-26(38)19-3-2-4-22(14-19)34-35-23-13-18-7-8-31-25(18)32-16-23/h2-8,13-16H,9-12,17H2,1H3,(H,31,32)(H,33,38). The molecule has 1 aliphatic heterocycles. The summed E-state index contributed by atoms with van der Waals surface area (Å²) in [6.07, 6.45) is -1.19. The lowest BCUT2D eigenvalue weighted by molar-refractivity contribution is -0.138. The van der Waals surface area contributed by atoms with Crippen LogP contribution in [-0.4, -0.2) is 58.9 Å². The number of fused-ring (bicyclic) bond motifs is 1. The van der Waals surface area contributed by atoms with Crippen molar-refractivity contribution in [2.75, 3.05) is 38.5 Å². The van der Waals surface area contributed by atoms with E-state index in [1.807, 2.05) is 24.1 Å². The molecule has 0 aliphatic carbocycles. The van der Waals surface area contributed by atoms with Gasteiger partial charge in [0.1, 0.15) is 11.3 Å². The van der Waals surface area contributed by atoms with E-state index in [-0.39, 0.29) is 23.4 Å². The molecule has 1 fully saturated rings. The van der Waals surface area contributed by atoms with Crippen molar-refractivity contribution in [2.45, 2.75) is 12.7 Å². The number of pyridine rings is 1. The highest BCUT2D eigenvalue weighted by Gasteiger charge is 2.34. The molecule has 0 unspecified atom stereocenters. The van der Waals surface area contributed by atoms with Crippen LogP contribution in [0.5, 0.6) is 0 Å². The average Bonchev–Trinajstić information content (AvgIpc) is 3.37. The highest BCUT2D eigenvalue weighted by Crippen LogP contribution is 2.35. The van der Waals surface area contributed by atoms with Crippen LogP contribution in [0.2, 0.25) is 0 Å². The van der Waals surface area contributed by atoms with Gasteiger partial charge >= 0.3 is 6.18 Å². The normalized spacial score (nSPS) is 15.4. The average molecular weight is 522 g/mol. The minimum atomic E-state index is -4.54. The van der Waals surface area contributed by atoms with Gasteiger partial charge < -0.3 is 15.2 Å². The Morgan fingerprint density at radius 1 is 1.03 bits per heavy atom. The summed E-state index contributed by atoms with van der Waals surface area (Å²) < 4.78 is 41.6. The highest BCUT2D eigenvalue weighted by atomic mass is 19.4. The van der Waals surface area contributed by atoms with Crippen molar-refractivity contribution in [2.24, 2.45) is 10.2 Å². The van der Waals surface area contributed by atoms with Crippen LogP contribution in [-0.2, 0) is 12.7 Å². The number of carbonyl (C=O) groups is 1. The van der Waals surface area contributed by atoms with Crippen LogP contribution in [0, 0.1) is 0 Å². The Labute approximate surface area is 217 Å². The summed E-state index contributed by atoms with van der Waals surface area (Å²) in [6, 6.07) is 14.0. The quantitative estimate of drug-likeness (QED) is 0.305. The van der Waals surface area contributed by atoms with Crippen LogP contribution < -0.4 is 5.32 Å². The minimum Gasteiger partial charge on any atom is -0.346 e. The molecule has 2 N–H and O–H groups in total. The van der Waals surface area contributed by atoms with Gasteiger partial charge in [-0.05, 0) is 55.1 Å². The van der Waals surface area contributed by atoms with Gasteiger partial charge in [0.05, 0.1) is 17.4 Å². The number of hydrogen-bond acceptors (Lipinski definition) is 6. The SMILES string of the molecule is CN1CCN(Cc2ccc(NC(=O)c3cccc(N=Nc4cnc5[nH]ccc5c4)c3)cc2C(F)(F)F)CC1. The molecule has 0 saturated carbocycles. The molecule has 1 amide bonds. The minimum absolute atomic E-state index is 0.0716. The van der Waals surface area contributed by atoms with E-state index >= 15 is 0 Å². The first-order valence-electron chi connectivity index (χ1n) is 12.1. The molecular weight excluding hydrogens is 495 g/mol. The van der Waals surface area contributed by atoms with Crippen LogP contribution in [0.1, 0.15) is 21.5 Å². The maximum atomic E-state index is 13.9. The molecule has 0 spiro atoms. The fraction of sp³-hybridized carbons (Fsp3) is 0.259. The highest BCUT2D eigenvalue weighted by molar-refractivity contribution is 6.04. The van der Waals surface area contributed by atoms with Crippen LogP contribution in [0.25, 0.3) is 11.0 Å². The Balaban J connectivity index is 1.30. The first kappa shape index (κ1) is 25.6. The number of halogens is 3. The molecule has 1 saturated heterocycles. The van der Waals surface area contributed by atoms with Gasteiger partial charge in [0.15, 0.2) is 0 Å². The lowest BCUT2D eigenvalue weighted by Crippen LogP contribution is -2.44. The third kappa shape index (κ3) is 6.06. The summed E-state index contributed by atoms with van der Waals surface area (Å²) in [5.41, 5.74) is 1.47. The van der Waals surface area contributed by atoms with E-state index in [1.54, 1.807) is 30.6 Å². The van der Waals surface area contributed by atoms with Gasteiger partial charge in [-0.3, -0.25) is 9.69 Å². The monoisotopic (exact) mass is 521 g/mol. The lowest BCUT2D eigenvalue weighted by Gasteiger charge is -2.33. The van der Waals surface area contributed by atoms with Gasteiger partial charge in [-0.25, -0.2) is 4.98 Å². The number of azo groups is 1. The molecule has 8 nitrogen and oxygen atoms in total. The Morgan fingerprint density at radius 3 is 2.61 bits per heavy atom. The van der Waals surface area contributed by atoms with Crippen LogP contribution in [0.15, 0.2) is 77.2 Å². The van der Waals surface area contributed by atoms with Crippen molar-refractivity contribution in [1.82, 2.24) is 19.8 Å². The van der Waals surface area contributed by atoms with E-state index in [4.69, 9.17) is 0 Å². The first-order valence-corrected chi connectivity index (χ1v) is 12.1. The van der Waals surface area contributed by atoms with Crippen molar-refractivity contribution in [1.29, 1.82) is 0 Å². The van der Waals surface area contributed by atoms with E-state index < -0.39 is 17.6 Å². The van der Waals surface area contributed by atoms with Crippen molar-refractivity contribution in [3.05, 3.63) is 83.7 Å². The summed E-state index contributed by atoms with van der Waals surface area (Å²) in [6.45, 7) is 3.24. The van der Waals surface area contributed by atoms with Crippen LogP contribution >= 0.6 is 0 Å². The fourth-order valence-electron chi connectivity index (χ4n) is 4.31. The van der Waals surface area contributed by atoms with Gasteiger partial charge in [0.2, 0.25) is 0 Å². The van der Waals surface area contributed by atoms with Gasteiger partial charge in [-0.2, -0.15) is 18.3 Å². The third-order valence-electron chi connectivity index (χ3n) is 6.44. The predicted molar refractivity (Wildman–Crippen MR) is 139 cm³/mol. The summed E-state index contributed by atoms with van der Waals surface area (Å²) in [7, 11) is 2.00. The molecule has 5 rings (SSSR count). The Morgan fingerprint density at radius 2 is 1.82 bits per heavy atom. The number of likely N-dealkylation sites (N-methyl/N-ethyl adjacent to an activating group) is 1. The van der Waals surface area contributed by atoms with Crippen molar-refractivity contribution < 1.29 is 18.0 Å². The summed E-state index contributed by atoms with van der Waals surface area (Å²) in [5, 5.41) is 11.8. The van der Waals surface area contributed by atoms with Gasteiger partial charge in [-0.15, -0.1) is 5.11 Å². The number of benzene rings is 2. The topological polar surface area (TPSA) is 89.0 Å². The number of piperazine rings is 1. The number of rotatable bonds is 6. The molecule has 2 aromatic carbocycles. The zero-order valence-corrected chi connectivity index (χ0v) is 20.7. The molecule has 2 aromatic heterocycles. The van der Waals surface area contributed by atoms with Crippen molar-refractivity contribution in [3.63, 3.8) is 0 Å². The number of amides is 1. The second-order valence-corrected chi connectivity index (χ2v) is 9.26. The van der Waals surface area contributed by atoms with Crippen molar-refractivity contribution >= 4 is 34.0 Å². The Bertz CT molecular complexity index is 1470. The molecule has 0 radical (unpaired) electrons. The zero-order chi connectivity index (χ0) is 26.7. The molecule has 1 aliphatic rings. The van der Waals surface area contributed by atoms with E-state index in [0.29, 0.717) is 24.5 Å². The number of nitrogens with zero attached hydrogens (tertiary/aromatic N) is 5. The summed E-state index contributed by atoms with van der Waals surface area (Å²) in [4.78, 5) is 24.3. The maximum Gasteiger partial charge on any atom is 0.416 e. The molecule has 0 bridgehead atoms. The molecule has 4 aromatic rings. The smallest absolute Gasteiger partial charge is 0.346 e. The van der Waals surface area contributed by atoms with Gasteiger partial charge in [0.25, 0.3) is 5.91 Å². The number of aromatic amines is 1. The number of hydrogen-bond donors (Lipinski definition) is 2. The molecule has 38 heavy (non-hydrogen) atoms. The van der Waals surface area contributed by atoms with E-state index in [0.717, 1.165) is 30.2 Å². The van der Waals surface area contributed by atoms with Gasteiger partial charge in [0, 0.05) is 55.6 Å². The second-order valence-electron chi connectivity index (χ2n) is 9.26. The third-order valence-corrected chi connectivity index (χ3v) is 6.44. The number of alkyl halides is 3. The van der Waals surface area contributed by atoms with Crippen LogP contribution in [0.3, 0.4) is 0 Å². The number of aromatic nitrogens is 2. The number of H-pyrrole nitrogens is 1. The van der Waals surface area contributed by atoms with Crippen molar-refractivity contribution in [3.8, 4) is 0 Å². The van der Waals surface area contributed by atoms with Gasteiger partial charge in [-0.1, -0.05) is 12.1 Å². The number of anilines is 1. The molecule has 3 heterocycles. The summed E-state index contributed by atoms with van der Waals surface area (Å²) in [5.74, 6) is -0.544. The Kier molecular flexibility index (Phi) is 7.21. The molecular formula is C27H26F3N7O. The van der Waals surface area contributed by atoms with E-state index in [1.165, 1.54) is 18.2 Å². The van der Waals surface area contributed by atoms with E-state index in [2.05, 4.69) is 30.4 Å². The van der Waals surface area contributed by atoms with E-state index in [9.17, 15) is 18.0 Å². The maximum absolute atomic E-state index is 13.9. The largest absolute Gasteiger partial charge is 0.416 e. The molecule has 196 valence electrons. The fourth-order valence-corrected chi connectivity index (χ4v) is 4.31. The Hall–Kier alpha value is -4.09. The number of nitrogens with one attached hydrogen (secondary N) is 2. The predicted octanol–water partition coefficient (Wildman–Crippen LogP) is 6.00. The second kappa shape index (κ2) is 10.7. The van der Waals surface area contributed by atoms with Crippen LogP contribution in [0.4, 0.5) is 30.2 Å². The molecule has 11 heteroatoms. The summed E-state index contributed by atoms with van der Waals surface area (Å²) >= 11 is 0. The zero-order valence-electron chi connectivity index (χ0n) is 20.7. The lowest BCUT2D eigenvalue weighted by atomic mass is 10.0. The molecule has 0 atom stereocenters.